The fourth-order valence-corrected chi connectivity index (χ4v) is 6.69. The van der Waals surface area contributed by atoms with E-state index in [2.05, 4.69) is 127 Å². The number of benzene rings is 4. The van der Waals surface area contributed by atoms with Gasteiger partial charge >= 0.3 is 0 Å². The molecule has 1 aliphatic rings. The molecule has 0 N–H and O–H groups in total. The molecule has 3 nitrogen and oxygen atoms in total. The summed E-state index contributed by atoms with van der Waals surface area (Å²) in [5.41, 5.74) is 15.8. The minimum atomic E-state index is -0.0364. The van der Waals surface area contributed by atoms with Crippen molar-refractivity contribution in [2.45, 2.75) is 19.3 Å². The van der Waals surface area contributed by atoms with Crippen molar-refractivity contribution in [3.63, 3.8) is 0 Å². The van der Waals surface area contributed by atoms with Crippen molar-refractivity contribution in [2.24, 2.45) is 0 Å². The van der Waals surface area contributed by atoms with Gasteiger partial charge in [-0.1, -0.05) is 111 Å². The van der Waals surface area contributed by atoms with Crippen molar-refractivity contribution in [1.29, 1.82) is 0 Å². The molecule has 0 amide bonds. The van der Waals surface area contributed by atoms with Gasteiger partial charge in [-0.2, -0.15) is 0 Å². The fourth-order valence-electron chi connectivity index (χ4n) is 6.69. The lowest BCUT2D eigenvalue weighted by molar-refractivity contribution is 0.660. The van der Waals surface area contributed by atoms with E-state index >= 15 is 0 Å². The van der Waals surface area contributed by atoms with Gasteiger partial charge in [-0.15, -0.1) is 0 Å². The van der Waals surface area contributed by atoms with Crippen molar-refractivity contribution < 1.29 is 0 Å². The highest BCUT2D eigenvalue weighted by Gasteiger charge is 2.35. The average molecular weight is 578 g/mol. The first kappa shape index (κ1) is 26.9. The molecule has 1 aliphatic carbocycles. The van der Waals surface area contributed by atoms with Gasteiger partial charge in [-0.3, -0.25) is 9.97 Å². The zero-order valence-corrected chi connectivity index (χ0v) is 25.3. The Kier molecular flexibility index (Phi) is 6.46. The molecule has 4 aromatic carbocycles. The summed E-state index contributed by atoms with van der Waals surface area (Å²) in [6.07, 6.45) is 3.61. The number of pyridine rings is 3. The SMILES string of the molecule is CC1(C)c2ccccc2-c2ccc(-c3ccccc3-c3ccc(-c4cc(-c5ccccn5)nc(-c5ccccn5)c4)cc3)cc21. The van der Waals surface area contributed by atoms with Crippen LogP contribution in [0.4, 0.5) is 0 Å². The van der Waals surface area contributed by atoms with Crippen molar-refractivity contribution in [3.8, 4) is 67.3 Å². The van der Waals surface area contributed by atoms with Gasteiger partial charge in [-0.05, 0) is 98.1 Å². The lowest BCUT2D eigenvalue weighted by atomic mass is 9.81. The number of nitrogens with zero attached hydrogens (tertiary/aromatic N) is 3. The normalized spacial score (nSPS) is 12.8. The van der Waals surface area contributed by atoms with Crippen molar-refractivity contribution in [2.75, 3.05) is 0 Å². The van der Waals surface area contributed by atoms with E-state index in [1.807, 2.05) is 36.4 Å². The van der Waals surface area contributed by atoms with Gasteiger partial charge in [-0.25, -0.2) is 4.98 Å². The molecule has 0 bridgehead atoms. The second-order valence-electron chi connectivity index (χ2n) is 12.1. The van der Waals surface area contributed by atoms with Gasteiger partial charge in [0.2, 0.25) is 0 Å². The second-order valence-corrected chi connectivity index (χ2v) is 12.1. The maximum Gasteiger partial charge on any atom is 0.0900 e. The molecule has 0 aliphatic heterocycles. The highest BCUT2D eigenvalue weighted by molar-refractivity contribution is 5.88. The van der Waals surface area contributed by atoms with Gasteiger partial charge in [0.05, 0.1) is 22.8 Å². The first-order valence-electron chi connectivity index (χ1n) is 15.4. The van der Waals surface area contributed by atoms with Crippen molar-refractivity contribution in [3.05, 3.63) is 163 Å². The summed E-state index contributed by atoms with van der Waals surface area (Å²) in [6.45, 7) is 4.67. The smallest absolute Gasteiger partial charge is 0.0900 e. The van der Waals surface area contributed by atoms with E-state index < -0.39 is 0 Å². The molecule has 0 radical (unpaired) electrons. The van der Waals surface area contributed by atoms with E-state index in [4.69, 9.17) is 4.98 Å². The molecule has 3 heteroatoms. The molecule has 8 rings (SSSR count). The maximum absolute atomic E-state index is 4.93. The van der Waals surface area contributed by atoms with Crippen LogP contribution in [0.15, 0.2) is 152 Å². The van der Waals surface area contributed by atoms with Gasteiger partial charge in [0, 0.05) is 17.8 Å². The Balaban J connectivity index is 1.18. The Labute approximate surface area is 264 Å². The fraction of sp³-hybridized carbons (Fsp3) is 0.0714. The molecular weight excluding hydrogens is 546 g/mol. The third-order valence-electron chi connectivity index (χ3n) is 9.03. The summed E-state index contributed by atoms with van der Waals surface area (Å²) < 4.78 is 0. The highest BCUT2D eigenvalue weighted by atomic mass is 14.8. The third-order valence-corrected chi connectivity index (χ3v) is 9.03. The van der Waals surface area contributed by atoms with Crippen LogP contribution in [0.25, 0.3) is 67.3 Å². The predicted molar refractivity (Wildman–Crippen MR) is 185 cm³/mol. The minimum Gasteiger partial charge on any atom is -0.255 e. The number of fused-ring (bicyclic) bond motifs is 3. The van der Waals surface area contributed by atoms with Crippen LogP contribution in [0.5, 0.6) is 0 Å². The Bertz CT molecular complexity index is 2110. The summed E-state index contributed by atoms with van der Waals surface area (Å²) in [6, 6.07) is 49.4. The van der Waals surface area contributed by atoms with E-state index in [1.165, 1.54) is 44.5 Å². The quantitative estimate of drug-likeness (QED) is 0.204. The topological polar surface area (TPSA) is 38.7 Å². The monoisotopic (exact) mass is 577 g/mol. The molecule has 0 spiro atoms. The zero-order chi connectivity index (χ0) is 30.4. The molecule has 3 heterocycles. The molecule has 0 atom stereocenters. The van der Waals surface area contributed by atoms with E-state index in [0.717, 1.165) is 33.9 Å². The summed E-state index contributed by atoms with van der Waals surface area (Å²) in [4.78, 5) is 14.1. The predicted octanol–water partition coefficient (Wildman–Crippen LogP) is 10.5. The van der Waals surface area contributed by atoms with Crippen LogP contribution >= 0.6 is 0 Å². The number of aromatic nitrogens is 3. The van der Waals surface area contributed by atoms with Crippen LogP contribution < -0.4 is 0 Å². The van der Waals surface area contributed by atoms with E-state index in [0.29, 0.717) is 0 Å². The summed E-state index contributed by atoms with van der Waals surface area (Å²) in [5, 5.41) is 0. The molecule has 0 fully saturated rings. The first-order valence-corrected chi connectivity index (χ1v) is 15.4. The standard InChI is InChI=1S/C42H31N3/c1-42(2)36-14-6-5-13-34(36)35-22-21-30(25-37(35)42)33-12-4-3-11-32(33)29-19-17-28(18-20-29)31-26-40(38-15-7-9-23-43-38)45-41(27-31)39-16-8-10-24-44-39/h3-27H,1-2H3. The van der Waals surface area contributed by atoms with Crippen molar-refractivity contribution in [1.82, 2.24) is 15.0 Å². The molecule has 0 saturated heterocycles. The van der Waals surface area contributed by atoms with E-state index in [-0.39, 0.29) is 5.41 Å². The molecule has 45 heavy (non-hydrogen) atoms. The van der Waals surface area contributed by atoms with Gasteiger partial charge in [0.1, 0.15) is 0 Å². The average Bonchev–Trinajstić information content (AvgIpc) is 3.34. The summed E-state index contributed by atoms with van der Waals surface area (Å²) in [5.74, 6) is 0. The molecular formula is C42H31N3. The first-order chi connectivity index (χ1) is 22.1. The van der Waals surface area contributed by atoms with Crippen LogP contribution in [0.3, 0.4) is 0 Å². The number of rotatable bonds is 5. The van der Waals surface area contributed by atoms with Crippen LogP contribution in [-0.2, 0) is 5.41 Å². The third kappa shape index (κ3) is 4.74. The summed E-state index contributed by atoms with van der Waals surface area (Å²) >= 11 is 0. The van der Waals surface area contributed by atoms with Gasteiger partial charge < -0.3 is 0 Å². The van der Waals surface area contributed by atoms with Gasteiger partial charge in [0.15, 0.2) is 0 Å². The van der Waals surface area contributed by atoms with Gasteiger partial charge in [0.25, 0.3) is 0 Å². The molecule has 0 saturated carbocycles. The van der Waals surface area contributed by atoms with Crippen LogP contribution in [0, 0.1) is 0 Å². The Morgan fingerprint density at radius 2 is 0.889 bits per heavy atom. The van der Waals surface area contributed by atoms with E-state index in [1.54, 1.807) is 12.4 Å². The zero-order valence-electron chi connectivity index (χ0n) is 25.3. The number of hydrogen-bond acceptors (Lipinski definition) is 3. The second kappa shape index (κ2) is 10.8. The van der Waals surface area contributed by atoms with Crippen LogP contribution in [0.2, 0.25) is 0 Å². The van der Waals surface area contributed by atoms with Crippen molar-refractivity contribution >= 4 is 0 Å². The highest BCUT2D eigenvalue weighted by Crippen LogP contribution is 2.50. The Morgan fingerprint density at radius 3 is 1.51 bits per heavy atom. The molecule has 0 unspecified atom stereocenters. The summed E-state index contributed by atoms with van der Waals surface area (Å²) in [7, 11) is 0. The lowest BCUT2D eigenvalue weighted by Gasteiger charge is -2.22. The Hall–Kier alpha value is -5.67. The Morgan fingerprint density at radius 1 is 0.378 bits per heavy atom. The molecule has 214 valence electrons. The largest absolute Gasteiger partial charge is 0.255 e. The van der Waals surface area contributed by atoms with Crippen LogP contribution in [-0.4, -0.2) is 15.0 Å². The molecule has 7 aromatic rings. The number of hydrogen-bond donors (Lipinski definition) is 0. The van der Waals surface area contributed by atoms with Crippen LogP contribution in [0.1, 0.15) is 25.0 Å². The maximum atomic E-state index is 4.93. The van der Waals surface area contributed by atoms with E-state index in [9.17, 15) is 0 Å². The molecule has 3 aromatic heterocycles. The lowest BCUT2D eigenvalue weighted by Crippen LogP contribution is -2.14. The minimum absolute atomic E-state index is 0.0364.